The van der Waals surface area contributed by atoms with Crippen LogP contribution in [0.25, 0.3) is 0 Å². The molecule has 0 unspecified atom stereocenters. The summed E-state index contributed by atoms with van der Waals surface area (Å²) < 4.78 is 0. The molecule has 0 aliphatic carbocycles. The standard InChI is InChI=1S/C15H19N3O2/c1-4-13(16-3)14(5-2)18-10-17-12-8-6-11(7-9-12)15(19)20/h4-9,17-18H,3,10H2,1-2H3,(H,19,20)/b13-4+,14-5+. The Kier molecular flexibility index (Phi) is 6.03. The Hall–Kier alpha value is -2.56. The number of hydrogen-bond donors (Lipinski definition) is 3. The maximum absolute atomic E-state index is 10.7. The van der Waals surface area contributed by atoms with Gasteiger partial charge in [0.1, 0.15) is 0 Å². The van der Waals surface area contributed by atoms with Crippen LogP contribution in [-0.2, 0) is 0 Å². The van der Waals surface area contributed by atoms with E-state index in [4.69, 9.17) is 5.11 Å². The fourth-order valence-corrected chi connectivity index (χ4v) is 1.64. The molecule has 20 heavy (non-hydrogen) atoms. The summed E-state index contributed by atoms with van der Waals surface area (Å²) in [6, 6.07) is 6.57. The summed E-state index contributed by atoms with van der Waals surface area (Å²) in [6.45, 7) is 7.83. The van der Waals surface area contributed by atoms with Crippen LogP contribution in [0, 0.1) is 0 Å². The third-order valence-corrected chi connectivity index (χ3v) is 2.71. The maximum Gasteiger partial charge on any atom is 0.335 e. The lowest BCUT2D eigenvalue weighted by Gasteiger charge is -2.12. The summed E-state index contributed by atoms with van der Waals surface area (Å²) in [5.74, 6) is -0.930. The Bertz CT molecular complexity index is 531. The molecule has 0 saturated carbocycles. The molecular formula is C15H19N3O2. The molecule has 0 aliphatic rings. The Morgan fingerprint density at radius 1 is 1.30 bits per heavy atom. The molecule has 1 aromatic carbocycles. The molecule has 0 atom stereocenters. The molecule has 3 N–H and O–H groups in total. The summed E-state index contributed by atoms with van der Waals surface area (Å²) >= 11 is 0. The van der Waals surface area contributed by atoms with Gasteiger partial charge in [-0.25, -0.2) is 4.79 Å². The topological polar surface area (TPSA) is 73.7 Å². The predicted octanol–water partition coefficient (Wildman–Crippen LogP) is 2.85. The van der Waals surface area contributed by atoms with E-state index in [1.807, 2.05) is 26.0 Å². The quantitative estimate of drug-likeness (QED) is 0.406. The Labute approximate surface area is 118 Å². The molecule has 0 spiro atoms. The first-order valence-corrected chi connectivity index (χ1v) is 6.23. The second-order valence-electron chi connectivity index (χ2n) is 3.95. The molecule has 106 valence electrons. The minimum atomic E-state index is -0.930. The van der Waals surface area contributed by atoms with Crippen molar-refractivity contribution in [2.75, 3.05) is 12.0 Å². The number of benzene rings is 1. The van der Waals surface area contributed by atoms with E-state index in [-0.39, 0.29) is 5.56 Å². The summed E-state index contributed by atoms with van der Waals surface area (Å²) in [5, 5.41) is 15.1. The monoisotopic (exact) mass is 273 g/mol. The molecular weight excluding hydrogens is 254 g/mol. The van der Waals surface area contributed by atoms with Crippen molar-refractivity contribution in [3.8, 4) is 0 Å². The van der Waals surface area contributed by atoms with Crippen LogP contribution in [0.15, 0.2) is 52.8 Å². The van der Waals surface area contributed by atoms with E-state index in [1.165, 1.54) is 0 Å². The van der Waals surface area contributed by atoms with Gasteiger partial charge in [0.05, 0.1) is 23.6 Å². The van der Waals surface area contributed by atoms with Crippen LogP contribution in [0.4, 0.5) is 5.69 Å². The second-order valence-corrected chi connectivity index (χ2v) is 3.95. The number of anilines is 1. The Balaban J connectivity index is 2.55. The van der Waals surface area contributed by atoms with Gasteiger partial charge in [-0.2, -0.15) is 0 Å². The highest BCUT2D eigenvalue weighted by Crippen LogP contribution is 2.10. The average Bonchev–Trinajstić information content (AvgIpc) is 2.47. The van der Waals surface area contributed by atoms with Crippen LogP contribution < -0.4 is 10.6 Å². The number of carboxylic acid groups (broad SMARTS) is 1. The van der Waals surface area contributed by atoms with Crippen LogP contribution in [0.2, 0.25) is 0 Å². The smallest absolute Gasteiger partial charge is 0.335 e. The number of carboxylic acids is 1. The lowest BCUT2D eigenvalue weighted by molar-refractivity contribution is 0.0697. The van der Waals surface area contributed by atoms with E-state index < -0.39 is 5.97 Å². The Morgan fingerprint density at radius 3 is 2.40 bits per heavy atom. The van der Waals surface area contributed by atoms with Gasteiger partial charge in [0.15, 0.2) is 0 Å². The van der Waals surface area contributed by atoms with Crippen LogP contribution in [0.5, 0.6) is 0 Å². The van der Waals surface area contributed by atoms with Crippen molar-refractivity contribution >= 4 is 18.4 Å². The number of aliphatic imine (C=N–C) groups is 1. The van der Waals surface area contributed by atoms with Gasteiger partial charge in [0, 0.05) is 5.69 Å². The van der Waals surface area contributed by atoms with Crippen molar-refractivity contribution in [3.63, 3.8) is 0 Å². The number of aromatic carboxylic acids is 1. The van der Waals surface area contributed by atoms with E-state index in [2.05, 4.69) is 22.3 Å². The molecule has 0 aromatic heterocycles. The molecule has 5 heteroatoms. The van der Waals surface area contributed by atoms with Gasteiger partial charge in [-0.1, -0.05) is 12.2 Å². The first-order chi connectivity index (χ1) is 9.62. The fraction of sp³-hybridized carbons (Fsp3) is 0.200. The van der Waals surface area contributed by atoms with Crippen molar-refractivity contribution in [2.45, 2.75) is 13.8 Å². The number of hydrogen-bond acceptors (Lipinski definition) is 4. The fourth-order valence-electron chi connectivity index (χ4n) is 1.64. The minimum Gasteiger partial charge on any atom is -0.478 e. The molecule has 0 radical (unpaired) electrons. The van der Waals surface area contributed by atoms with Gasteiger partial charge >= 0.3 is 5.97 Å². The van der Waals surface area contributed by atoms with Gasteiger partial charge in [0.25, 0.3) is 0 Å². The molecule has 0 aliphatic heterocycles. The molecule has 5 nitrogen and oxygen atoms in total. The highest BCUT2D eigenvalue weighted by molar-refractivity contribution is 5.87. The van der Waals surface area contributed by atoms with E-state index in [0.717, 1.165) is 17.1 Å². The van der Waals surface area contributed by atoms with Crippen molar-refractivity contribution in [3.05, 3.63) is 53.4 Å². The van der Waals surface area contributed by atoms with Crippen molar-refractivity contribution in [1.82, 2.24) is 5.32 Å². The maximum atomic E-state index is 10.7. The van der Waals surface area contributed by atoms with Gasteiger partial charge in [-0.3, -0.25) is 4.99 Å². The molecule has 1 rings (SSSR count). The molecule has 0 saturated heterocycles. The summed E-state index contributed by atoms with van der Waals surface area (Å²) in [6.07, 6.45) is 3.79. The van der Waals surface area contributed by atoms with Gasteiger partial charge < -0.3 is 15.7 Å². The van der Waals surface area contributed by atoms with Crippen LogP contribution in [-0.4, -0.2) is 24.5 Å². The Morgan fingerprint density at radius 2 is 1.95 bits per heavy atom. The minimum absolute atomic E-state index is 0.268. The van der Waals surface area contributed by atoms with Crippen LogP contribution in [0.3, 0.4) is 0 Å². The molecule has 0 fully saturated rings. The highest BCUT2D eigenvalue weighted by atomic mass is 16.4. The lowest BCUT2D eigenvalue weighted by Crippen LogP contribution is -2.22. The average molecular weight is 273 g/mol. The normalized spacial score (nSPS) is 11.9. The number of nitrogens with one attached hydrogen (secondary N) is 2. The third kappa shape index (κ3) is 4.28. The number of rotatable bonds is 7. The lowest BCUT2D eigenvalue weighted by atomic mass is 10.2. The first-order valence-electron chi connectivity index (χ1n) is 6.23. The van der Waals surface area contributed by atoms with E-state index in [0.29, 0.717) is 6.67 Å². The van der Waals surface area contributed by atoms with Gasteiger partial charge in [-0.05, 0) is 44.8 Å². The first kappa shape index (κ1) is 15.5. The van der Waals surface area contributed by atoms with Gasteiger partial charge in [-0.15, -0.1) is 0 Å². The van der Waals surface area contributed by atoms with E-state index in [1.54, 1.807) is 24.3 Å². The van der Waals surface area contributed by atoms with E-state index >= 15 is 0 Å². The molecule has 0 heterocycles. The van der Waals surface area contributed by atoms with E-state index in [9.17, 15) is 4.79 Å². The van der Waals surface area contributed by atoms with Crippen LogP contribution >= 0.6 is 0 Å². The number of carbonyl (C=O) groups is 1. The zero-order chi connectivity index (χ0) is 15.0. The van der Waals surface area contributed by atoms with Gasteiger partial charge in [0.2, 0.25) is 0 Å². The third-order valence-electron chi connectivity index (χ3n) is 2.71. The SMILES string of the molecule is C=NC(=C/C)/C(=C\C)NCNc1ccc(C(=O)O)cc1. The summed E-state index contributed by atoms with van der Waals surface area (Å²) in [4.78, 5) is 14.7. The zero-order valence-corrected chi connectivity index (χ0v) is 11.7. The van der Waals surface area contributed by atoms with Crippen molar-refractivity contribution in [1.29, 1.82) is 0 Å². The van der Waals surface area contributed by atoms with Crippen molar-refractivity contribution in [2.24, 2.45) is 4.99 Å². The summed E-state index contributed by atoms with van der Waals surface area (Å²) in [5.41, 5.74) is 2.78. The number of allylic oxidation sites excluding steroid dienone is 2. The molecule has 1 aromatic rings. The van der Waals surface area contributed by atoms with Crippen LogP contribution in [0.1, 0.15) is 24.2 Å². The van der Waals surface area contributed by atoms with Crippen molar-refractivity contribution < 1.29 is 9.90 Å². The molecule has 0 amide bonds. The highest BCUT2D eigenvalue weighted by Gasteiger charge is 2.02. The predicted molar refractivity (Wildman–Crippen MR) is 82.1 cm³/mol. The number of nitrogens with zero attached hydrogens (tertiary/aromatic N) is 1. The zero-order valence-electron chi connectivity index (χ0n) is 11.7. The summed E-state index contributed by atoms with van der Waals surface area (Å²) in [7, 11) is 0. The largest absolute Gasteiger partial charge is 0.478 e. The second kappa shape index (κ2) is 7.78. The molecule has 0 bridgehead atoms.